The molecule has 0 radical (unpaired) electrons. The minimum absolute atomic E-state index is 0.0212. The summed E-state index contributed by atoms with van der Waals surface area (Å²) in [6.07, 6.45) is -14.6. The molecule has 0 saturated carbocycles. The van der Waals surface area contributed by atoms with Crippen LogP contribution in [0.2, 0.25) is 0 Å². The third kappa shape index (κ3) is 5.23. The van der Waals surface area contributed by atoms with Crippen LogP contribution in [0.1, 0.15) is 13.8 Å². The SMILES string of the molecule is CC(C)(CI)OC(C(F)(F)F)C(F)(F)F. The molecule has 0 aromatic rings. The van der Waals surface area contributed by atoms with Crippen LogP contribution in [0.15, 0.2) is 0 Å². The Morgan fingerprint density at radius 3 is 1.53 bits per heavy atom. The second-order valence-electron chi connectivity index (χ2n) is 3.47. The van der Waals surface area contributed by atoms with Gasteiger partial charge in [0.15, 0.2) is 0 Å². The first kappa shape index (κ1) is 15.3. The highest BCUT2D eigenvalue weighted by Crippen LogP contribution is 2.38. The van der Waals surface area contributed by atoms with Gasteiger partial charge in [0.05, 0.1) is 5.60 Å². The molecule has 0 heterocycles. The highest BCUT2D eigenvalue weighted by Gasteiger charge is 2.59. The molecule has 0 atom stereocenters. The Bertz CT molecular complexity index is 195. The zero-order chi connectivity index (χ0) is 12.5. The van der Waals surface area contributed by atoms with Crippen molar-refractivity contribution in [3.63, 3.8) is 0 Å². The molecule has 0 saturated heterocycles. The number of rotatable bonds is 3. The van der Waals surface area contributed by atoms with Crippen LogP contribution in [0.3, 0.4) is 0 Å². The number of hydrogen-bond donors (Lipinski definition) is 0. The van der Waals surface area contributed by atoms with Gasteiger partial charge < -0.3 is 4.74 Å². The van der Waals surface area contributed by atoms with Gasteiger partial charge in [0.2, 0.25) is 6.10 Å². The lowest BCUT2D eigenvalue weighted by atomic mass is 10.2. The van der Waals surface area contributed by atoms with Gasteiger partial charge in [0.1, 0.15) is 0 Å². The fraction of sp³-hybridized carbons (Fsp3) is 1.00. The second-order valence-corrected chi connectivity index (χ2v) is 4.24. The van der Waals surface area contributed by atoms with Gasteiger partial charge in [0, 0.05) is 4.43 Å². The Labute approximate surface area is 96.3 Å². The van der Waals surface area contributed by atoms with Crippen molar-refractivity contribution < 1.29 is 31.1 Å². The van der Waals surface area contributed by atoms with E-state index < -0.39 is 24.1 Å². The van der Waals surface area contributed by atoms with Gasteiger partial charge in [-0.1, -0.05) is 22.6 Å². The summed E-state index contributed by atoms with van der Waals surface area (Å²) < 4.78 is 76.3. The average molecular weight is 350 g/mol. The van der Waals surface area contributed by atoms with Gasteiger partial charge >= 0.3 is 12.4 Å². The number of halogens is 7. The van der Waals surface area contributed by atoms with Crippen LogP contribution in [-0.4, -0.2) is 28.5 Å². The van der Waals surface area contributed by atoms with E-state index in [4.69, 9.17) is 0 Å². The zero-order valence-electron chi connectivity index (χ0n) is 7.84. The van der Waals surface area contributed by atoms with Crippen molar-refractivity contribution in [2.24, 2.45) is 0 Å². The van der Waals surface area contributed by atoms with Crippen LogP contribution in [0.5, 0.6) is 0 Å². The molecule has 0 aliphatic heterocycles. The molecule has 8 heteroatoms. The third-order valence-electron chi connectivity index (χ3n) is 1.35. The number of hydrogen-bond acceptors (Lipinski definition) is 1. The first-order valence-electron chi connectivity index (χ1n) is 3.77. The first-order valence-corrected chi connectivity index (χ1v) is 5.30. The van der Waals surface area contributed by atoms with Crippen molar-refractivity contribution in [3.05, 3.63) is 0 Å². The summed E-state index contributed by atoms with van der Waals surface area (Å²) in [4.78, 5) is 0. The van der Waals surface area contributed by atoms with Crippen molar-refractivity contribution in [2.75, 3.05) is 4.43 Å². The molecule has 0 rings (SSSR count). The van der Waals surface area contributed by atoms with E-state index in [2.05, 4.69) is 4.74 Å². The Kier molecular flexibility index (Phi) is 4.72. The molecule has 0 aromatic carbocycles. The van der Waals surface area contributed by atoms with Gasteiger partial charge in [0.25, 0.3) is 0 Å². The van der Waals surface area contributed by atoms with E-state index in [-0.39, 0.29) is 4.43 Å². The fourth-order valence-electron chi connectivity index (χ4n) is 0.670. The molecule has 0 aliphatic rings. The van der Waals surface area contributed by atoms with Crippen LogP contribution in [0, 0.1) is 0 Å². The monoisotopic (exact) mass is 350 g/mol. The number of ether oxygens (including phenoxy) is 1. The molecule has 0 aliphatic carbocycles. The van der Waals surface area contributed by atoms with Crippen molar-refractivity contribution in [2.45, 2.75) is 37.9 Å². The quantitative estimate of drug-likeness (QED) is 0.428. The predicted molar refractivity (Wildman–Crippen MR) is 49.9 cm³/mol. The molecule has 0 aromatic heterocycles. The van der Waals surface area contributed by atoms with Gasteiger partial charge in [-0.2, -0.15) is 26.3 Å². The molecule has 0 unspecified atom stereocenters. The fourth-order valence-corrected chi connectivity index (χ4v) is 0.850. The normalized spacial score (nSPS) is 14.8. The summed E-state index contributed by atoms with van der Waals surface area (Å²) in [5.41, 5.74) is -1.48. The van der Waals surface area contributed by atoms with Crippen LogP contribution < -0.4 is 0 Å². The summed E-state index contributed by atoms with van der Waals surface area (Å²) >= 11 is 1.66. The maximum Gasteiger partial charge on any atom is 0.423 e. The molecule has 0 N–H and O–H groups in total. The molecular weight excluding hydrogens is 341 g/mol. The Hall–Kier alpha value is 0.270. The highest BCUT2D eigenvalue weighted by molar-refractivity contribution is 14.1. The molecule has 0 spiro atoms. The van der Waals surface area contributed by atoms with Crippen LogP contribution in [0.25, 0.3) is 0 Å². The lowest BCUT2D eigenvalue weighted by molar-refractivity contribution is -0.338. The Morgan fingerprint density at radius 1 is 1.00 bits per heavy atom. The van der Waals surface area contributed by atoms with Gasteiger partial charge in [-0.25, -0.2) is 0 Å². The molecule has 0 fully saturated rings. The largest absolute Gasteiger partial charge is 0.423 e. The van der Waals surface area contributed by atoms with Crippen molar-refractivity contribution >= 4 is 22.6 Å². The number of alkyl halides is 7. The van der Waals surface area contributed by atoms with E-state index in [1.807, 2.05) is 0 Å². The summed E-state index contributed by atoms with van der Waals surface area (Å²) in [6, 6.07) is 0. The highest BCUT2D eigenvalue weighted by atomic mass is 127. The van der Waals surface area contributed by atoms with Gasteiger partial charge in [-0.05, 0) is 13.8 Å². The summed E-state index contributed by atoms with van der Waals surface area (Å²) in [6.45, 7) is 2.34. The summed E-state index contributed by atoms with van der Waals surface area (Å²) in [5, 5.41) is 0. The van der Waals surface area contributed by atoms with E-state index >= 15 is 0 Å². The minimum atomic E-state index is -5.44. The maximum atomic E-state index is 12.0. The van der Waals surface area contributed by atoms with Crippen molar-refractivity contribution in [1.82, 2.24) is 0 Å². The third-order valence-corrected chi connectivity index (χ3v) is 3.19. The second kappa shape index (κ2) is 4.64. The standard InChI is InChI=1S/C7H9F6IO/c1-5(2,3-14)15-4(6(8,9)10)7(11,12)13/h4H,3H2,1-2H3. The van der Waals surface area contributed by atoms with E-state index in [0.717, 1.165) is 0 Å². The van der Waals surface area contributed by atoms with Crippen LogP contribution in [-0.2, 0) is 4.74 Å². The van der Waals surface area contributed by atoms with E-state index in [0.29, 0.717) is 0 Å². The Morgan fingerprint density at radius 2 is 1.33 bits per heavy atom. The molecule has 0 bridgehead atoms. The van der Waals surface area contributed by atoms with Gasteiger partial charge in [-0.15, -0.1) is 0 Å². The molecular formula is C7H9F6IO. The van der Waals surface area contributed by atoms with Crippen LogP contribution >= 0.6 is 22.6 Å². The van der Waals surface area contributed by atoms with E-state index in [1.54, 1.807) is 22.6 Å². The predicted octanol–water partition coefficient (Wildman–Crippen LogP) is 3.71. The lowest BCUT2D eigenvalue weighted by Crippen LogP contribution is -2.49. The van der Waals surface area contributed by atoms with Crippen LogP contribution in [0.4, 0.5) is 26.3 Å². The smallest absolute Gasteiger partial charge is 0.354 e. The molecule has 15 heavy (non-hydrogen) atoms. The maximum absolute atomic E-state index is 12.0. The minimum Gasteiger partial charge on any atom is -0.354 e. The lowest BCUT2D eigenvalue weighted by Gasteiger charge is -2.31. The van der Waals surface area contributed by atoms with E-state index in [9.17, 15) is 26.3 Å². The topological polar surface area (TPSA) is 9.23 Å². The molecule has 0 amide bonds. The van der Waals surface area contributed by atoms with Gasteiger partial charge in [-0.3, -0.25) is 0 Å². The molecule has 1 nitrogen and oxygen atoms in total. The zero-order valence-corrected chi connectivity index (χ0v) is 10.00. The van der Waals surface area contributed by atoms with E-state index in [1.165, 1.54) is 13.8 Å². The van der Waals surface area contributed by atoms with Crippen molar-refractivity contribution in [1.29, 1.82) is 0 Å². The molecule has 92 valence electrons. The summed E-state index contributed by atoms with van der Waals surface area (Å²) in [7, 11) is 0. The Balaban J connectivity index is 4.85. The first-order chi connectivity index (χ1) is 6.40. The van der Waals surface area contributed by atoms with Crippen molar-refractivity contribution in [3.8, 4) is 0 Å². The summed E-state index contributed by atoms with van der Waals surface area (Å²) in [5.74, 6) is 0. The average Bonchev–Trinajstić information content (AvgIpc) is 1.96.